The number of anilines is 1. The highest BCUT2D eigenvalue weighted by Gasteiger charge is 2.24. The fraction of sp³-hybridized carbons (Fsp3) is 0.357. The molecule has 1 fully saturated rings. The van der Waals surface area contributed by atoms with Crippen molar-refractivity contribution >= 4 is 5.69 Å². The maximum atomic E-state index is 3.98. The van der Waals surface area contributed by atoms with Crippen LogP contribution in [0.3, 0.4) is 0 Å². The van der Waals surface area contributed by atoms with E-state index in [-0.39, 0.29) is 0 Å². The summed E-state index contributed by atoms with van der Waals surface area (Å²) in [5.41, 5.74) is 3.45. The van der Waals surface area contributed by atoms with Gasteiger partial charge in [-0.3, -0.25) is 5.10 Å². The molecule has 88 valence electrons. The molecule has 0 bridgehead atoms. The van der Waals surface area contributed by atoms with Crippen LogP contribution < -0.4 is 5.32 Å². The van der Waals surface area contributed by atoms with Crippen molar-refractivity contribution in [2.24, 2.45) is 5.92 Å². The zero-order chi connectivity index (χ0) is 11.7. The molecule has 0 radical (unpaired) electrons. The van der Waals surface area contributed by atoms with Crippen LogP contribution in [0, 0.1) is 5.92 Å². The Morgan fingerprint density at radius 3 is 2.88 bits per heavy atom. The molecule has 3 nitrogen and oxygen atoms in total. The molecule has 17 heavy (non-hydrogen) atoms. The Morgan fingerprint density at radius 1 is 1.29 bits per heavy atom. The second-order valence-corrected chi connectivity index (χ2v) is 4.97. The van der Waals surface area contributed by atoms with Crippen LogP contribution >= 0.6 is 0 Å². The Kier molecular flexibility index (Phi) is 2.59. The van der Waals surface area contributed by atoms with Gasteiger partial charge in [-0.1, -0.05) is 19.1 Å². The highest BCUT2D eigenvalue weighted by molar-refractivity contribution is 5.64. The summed E-state index contributed by atoms with van der Waals surface area (Å²) in [7, 11) is 0. The van der Waals surface area contributed by atoms with Crippen LogP contribution in [0.5, 0.6) is 0 Å². The lowest BCUT2D eigenvalue weighted by molar-refractivity contribution is 0.309. The van der Waals surface area contributed by atoms with Gasteiger partial charge in [-0.2, -0.15) is 5.10 Å². The van der Waals surface area contributed by atoms with Crippen molar-refractivity contribution in [2.45, 2.75) is 25.8 Å². The SMILES string of the molecule is CC1CC(Nc2cccc(-c3ccn[nH]3)c2)C1. The minimum atomic E-state index is 0.655. The number of nitrogens with zero attached hydrogens (tertiary/aromatic N) is 1. The van der Waals surface area contributed by atoms with Crippen LogP contribution in [-0.4, -0.2) is 16.2 Å². The molecule has 1 saturated carbocycles. The summed E-state index contributed by atoms with van der Waals surface area (Å²) in [6.45, 7) is 2.30. The number of hydrogen-bond donors (Lipinski definition) is 2. The first-order chi connectivity index (χ1) is 8.31. The van der Waals surface area contributed by atoms with E-state index in [4.69, 9.17) is 0 Å². The van der Waals surface area contributed by atoms with Gasteiger partial charge in [0.15, 0.2) is 0 Å². The minimum Gasteiger partial charge on any atom is -0.382 e. The molecule has 1 aliphatic carbocycles. The summed E-state index contributed by atoms with van der Waals surface area (Å²) in [5, 5.41) is 10.5. The number of H-pyrrole nitrogens is 1. The van der Waals surface area contributed by atoms with E-state index in [0.717, 1.165) is 11.6 Å². The minimum absolute atomic E-state index is 0.655. The summed E-state index contributed by atoms with van der Waals surface area (Å²) < 4.78 is 0. The van der Waals surface area contributed by atoms with Crippen molar-refractivity contribution in [3.63, 3.8) is 0 Å². The molecule has 0 amide bonds. The quantitative estimate of drug-likeness (QED) is 0.844. The fourth-order valence-corrected chi connectivity index (χ4v) is 2.45. The van der Waals surface area contributed by atoms with E-state index < -0.39 is 0 Å². The van der Waals surface area contributed by atoms with Gasteiger partial charge in [0.25, 0.3) is 0 Å². The second kappa shape index (κ2) is 4.24. The lowest BCUT2D eigenvalue weighted by atomic mass is 9.82. The van der Waals surface area contributed by atoms with Crippen LogP contribution in [0.4, 0.5) is 5.69 Å². The monoisotopic (exact) mass is 227 g/mol. The van der Waals surface area contributed by atoms with Crippen molar-refractivity contribution in [1.82, 2.24) is 10.2 Å². The third-order valence-electron chi connectivity index (χ3n) is 3.42. The zero-order valence-corrected chi connectivity index (χ0v) is 9.98. The summed E-state index contributed by atoms with van der Waals surface area (Å²) in [4.78, 5) is 0. The molecule has 3 rings (SSSR count). The predicted molar refractivity (Wildman–Crippen MR) is 69.8 cm³/mol. The topological polar surface area (TPSA) is 40.7 Å². The van der Waals surface area contributed by atoms with E-state index in [0.29, 0.717) is 6.04 Å². The molecule has 0 saturated heterocycles. The van der Waals surface area contributed by atoms with Gasteiger partial charge in [-0.05, 0) is 37.0 Å². The molecule has 1 heterocycles. The van der Waals surface area contributed by atoms with Gasteiger partial charge in [0.05, 0.1) is 5.69 Å². The molecule has 1 aromatic carbocycles. The molecule has 0 unspecified atom stereocenters. The first-order valence-corrected chi connectivity index (χ1v) is 6.17. The molecule has 1 aromatic heterocycles. The predicted octanol–water partition coefficient (Wildman–Crippen LogP) is 3.29. The molecule has 0 atom stereocenters. The first kappa shape index (κ1) is 10.4. The summed E-state index contributed by atoms with van der Waals surface area (Å²) >= 11 is 0. The maximum Gasteiger partial charge on any atom is 0.0650 e. The zero-order valence-electron chi connectivity index (χ0n) is 9.98. The van der Waals surface area contributed by atoms with Crippen LogP contribution in [0.2, 0.25) is 0 Å². The van der Waals surface area contributed by atoms with Gasteiger partial charge in [0.1, 0.15) is 0 Å². The van der Waals surface area contributed by atoms with Gasteiger partial charge >= 0.3 is 0 Å². The van der Waals surface area contributed by atoms with Gasteiger partial charge < -0.3 is 5.32 Å². The standard InChI is InChI=1S/C14H17N3/c1-10-7-13(8-10)16-12-4-2-3-11(9-12)14-5-6-15-17-14/h2-6,9-10,13,16H,7-8H2,1H3,(H,15,17). The van der Waals surface area contributed by atoms with Crippen molar-refractivity contribution < 1.29 is 0 Å². The van der Waals surface area contributed by atoms with Crippen LogP contribution in [0.25, 0.3) is 11.3 Å². The molecule has 2 aromatic rings. The largest absolute Gasteiger partial charge is 0.382 e. The molecule has 1 aliphatic rings. The average Bonchev–Trinajstić information content (AvgIpc) is 2.81. The molecule has 2 N–H and O–H groups in total. The molecular formula is C14H17N3. The van der Waals surface area contributed by atoms with Gasteiger partial charge in [0, 0.05) is 23.5 Å². The summed E-state index contributed by atoms with van der Waals surface area (Å²) in [5.74, 6) is 0.878. The van der Waals surface area contributed by atoms with E-state index in [9.17, 15) is 0 Å². The van der Waals surface area contributed by atoms with E-state index in [1.54, 1.807) is 6.20 Å². The highest BCUT2D eigenvalue weighted by atomic mass is 15.1. The maximum absolute atomic E-state index is 3.98. The van der Waals surface area contributed by atoms with Crippen LogP contribution in [0.15, 0.2) is 36.5 Å². The Labute approximate surface area is 101 Å². The normalized spacial score (nSPS) is 23.1. The number of benzene rings is 1. The van der Waals surface area contributed by atoms with Crippen molar-refractivity contribution in [2.75, 3.05) is 5.32 Å². The molecule has 0 spiro atoms. The highest BCUT2D eigenvalue weighted by Crippen LogP contribution is 2.30. The van der Waals surface area contributed by atoms with Gasteiger partial charge in [-0.15, -0.1) is 0 Å². The number of rotatable bonds is 3. The summed E-state index contributed by atoms with van der Waals surface area (Å²) in [6, 6.07) is 11.1. The van der Waals surface area contributed by atoms with Crippen LogP contribution in [0.1, 0.15) is 19.8 Å². The van der Waals surface area contributed by atoms with Gasteiger partial charge in [-0.25, -0.2) is 0 Å². The number of aromatic amines is 1. The van der Waals surface area contributed by atoms with Crippen molar-refractivity contribution in [1.29, 1.82) is 0 Å². The smallest absolute Gasteiger partial charge is 0.0650 e. The third-order valence-corrected chi connectivity index (χ3v) is 3.42. The average molecular weight is 227 g/mol. The van der Waals surface area contributed by atoms with Crippen molar-refractivity contribution in [3.8, 4) is 11.3 Å². The first-order valence-electron chi connectivity index (χ1n) is 6.17. The lowest BCUT2D eigenvalue weighted by Crippen LogP contribution is -2.33. The van der Waals surface area contributed by atoms with Gasteiger partial charge in [0.2, 0.25) is 0 Å². The Bertz CT molecular complexity index is 484. The van der Waals surface area contributed by atoms with E-state index >= 15 is 0 Å². The van der Waals surface area contributed by atoms with E-state index in [2.05, 4.69) is 46.7 Å². The third kappa shape index (κ3) is 2.18. The van der Waals surface area contributed by atoms with Crippen molar-refractivity contribution in [3.05, 3.63) is 36.5 Å². The van der Waals surface area contributed by atoms with E-state index in [1.165, 1.54) is 24.1 Å². The van der Waals surface area contributed by atoms with Crippen LogP contribution in [-0.2, 0) is 0 Å². The lowest BCUT2D eigenvalue weighted by Gasteiger charge is -2.34. The molecule has 0 aliphatic heterocycles. The Balaban J connectivity index is 1.75. The fourth-order valence-electron chi connectivity index (χ4n) is 2.45. The van der Waals surface area contributed by atoms with E-state index in [1.807, 2.05) is 6.07 Å². The Hall–Kier alpha value is -1.77. The Morgan fingerprint density at radius 2 is 2.18 bits per heavy atom. The second-order valence-electron chi connectivity index (χ2n) is 4.97. The molecule has 3 heteroatoms. The molecular weight excluding hydrogens is 210 g/mol. The number of aromatic nitrogens is 2. The number of hydrogen-bond acceptors (Lipinski definition) is 2. The number of nitrogens with one attached hydrogen (secondary N) is 2. The summed E-state index contributed by atoms with van der Waals surface area (Å²) in [6.07, 6.45) is 4.35.